The fraction of sp³-hybridized carbons (Fsp3) is 0.400. The van der Waals surface area contributed by atoms with Gasteiger partial charge in [-0.2, -0.15) is 0 Å². The van der Waals surface area contributed by atoms with Crippen LogP contribution in [0.4, 0.5) is 5.69 Å². The van der Waals surface area contributed by atoms with Gasteiger partial charge >= 0.3 is 5.69 Å². The van der Waals surface area contributed by atoms with Crippen LogP contribution in [0.5, 0.6) is 11.5 Å². The number of nitrogens with one attached hydrogen (secondary N) is 1. The summed E-state index contributed by atoms with van der Waals surface area (Å²) in [6.45, 7) is 6.20. The molecular formula is C20H23N3O5S. The predicted octanol–water partition coefficient (Wildman–Crippen LogP) is 4.38. The first kappa shape index (κ1) is 20.8. The molecule has 9 heteroatoms. The van der Waals surface area contributed by atoms with Crippen molar-refractivity contribution in [1.82, 2.24) is 9.97 Å². The van der Waals surface area contributed by atoms with Crippen LogP contribution in [0.25, 0.3) is 10.2 Å². The smallest absolute Gasteiger partial charge is 0.314 e. The maximum Gasteiger partial charge on any atom is 0.314 e. The van der Waals surface area contributed by atoms with E-state index in [0.29, 0.717) is 27.7 Å². The van der Waals surface area contributed by atoms with E-state index >= 15 is 0 Å². The van der Waals surface area contributed by atoms with Gasteiger partial charge in [0.05, 0.1) is 23.5 Å². The van der Waals surface area contributed by atoms with Crippen LogP contribution in [0.3, 0.4) is 0 Å². The van der Waals surface area contributed by atoms with Gasteiger partial charge in [0.25, 0.3) is 5.56 Å². The number of thiophene rings is 1. The second-order valence-corrected chi connectivity index (χ2v) is 8.13. The molecule has 0 aliphatic rings. The highest BCUT2D eigenvalue weighted by atomic mass is 32.1. The topological polar surface area (TPSA) is 107 Å². The Morgan fingerprint density at radius 1 is 1.38 bits per heavy atom. The molecule has 3 aromatic rings. The number of methoxy groups -OCH3 is 1. The molecule has 0 spiro atoms. The third kappa shape index (κ3) is 4.40. The number of hydrogen-bond acceptors (Lipinski definition) is 7. The minimum Gasteiger partial charge on any atom is -0.496 e. The molecule has 154 valence electrons. The van der Waals surface area contributed by atoms with E-state index in [1.165, 1.54) is 30.6 Å². The van der Waals surface area contributed by atoms with Crippen LogP contribution < -0.4 is 15.0 Å². The summed E-state index contributed by atoms with van der Waals surface area (Å²) < 4.78 is 10.6. The third-order valence-corrected chi connectivity index (χ3v) is 5.93. The van der Waals surface area contributed by atoms with Crippen molar-refractivity contribution < 1.29 is 14.4 Å². The maximum absolute atomic E-state index is 12.7. The summed E-state index contributed by atoms with van der Waals surface area (Å²) >= 11 is 1.48. The normalized spacial score (nSPS) is 12.1. The molecule has 0 saturated carbocycles. The average Bonchev–Trinajstić information content (AvgIpc) is 3.01. The zero-order valence-corrected chi connectivity index (χ0v) is 17.6. The van der Waals surface area contributed by atoms with Gasteiger partial charge in [0, 0.05) is 4.88 Å². The van der Waals surface area contributed by atoms with E-state index in [1.807, 2.05) is 6.92 Å². The van der Waals surface area contributed by atoms with Crippen molar-refractivity contribution in [2.45, 2.75) is 40.2 Å². The van der Waals surface area contributed by atoms with Gasteiger partial charge in [0.15, 0.2) is 5.75 Å². The largest absolute Gasteiger partial charge is 0.496 e. The van der Waals surface area contributed by atoms with Crippen LogP contribution in [0.1, 0.15) is 36.5 Å². The Morgan fingerprint density at radius 3 is 2.79 bits per heavy atom. The van der Waals surface area contributed by atoms with Gasteiger partial charge < -0.3 is 14.5 Å². The highest BCUT2D eigenvalue weighted by Gasteiger charge is 2.19. The van der Waals surface area contributed by atoms with Gasteiger partial charge in [-0.1, -0.05) is 20.3 Å². The van der Waals surface area contributed by atoms with E-state index in [9.17, 15) is 14.9 Å². The van der Waals surface area contributed by atoms with E-state index in [0.717, 1.165) is 23.3 Å². The monoisotopic (exact) mass is 417 g/mol. The van der Waals surface area contributed by atoms with Gasteiger partial charge in [0.2, 0.25) is 0 Å². The number of hydrogen-bond donors (Lipinski definition) is 1. The number of H-pyrrole nitrogens is 1. The maximum atomic E-state index is 12.7. The summed E-state index contributed by atoms with van der Waals surface area (Å²) in [6.07, 6.45) is 1.87. The molecule has 8 nitrogen and oxygen atoms in total. The molecule has 0 aliphatic heterocycles. The molecule has 29 heavy (non-hydrogen) atoms. The molecule has 1 aromatic carbocycles. The second-order valence-electron chi connectivity index (χ2n) is 6.93. The molecule has 0 unspecified atom stereocenters. The number of aromatic nitrogens is 2. The molecule has 3 rings (SSSR count). The van der Waals surface area contributed by atoms with E-state index in [1.54, 1.807) is 6.07 Å². The van der Waals surface area contributed by atoms with Crippen molar-refractivity contribution in [2.24, 2.45) is 5.92 Å². The van der Waals surface area contributed by atoms with Crippen LogP contribution in [-0.2, 0) is 13.0 Å². The predicted molar refractivity (Wildman–Crippen MR) is 112 cm³/mol. The van der Waals surface area contributed by atoms with E-state index in [2.05, 4.69) is 23.8 Å². The Labute approximate surface area is 171 Å². The average molecular weight is 417 g/mol. The van der Waals surface area contributed by atoms with Crippen molar-refractivity contribution in [3.8, 4) is 11.5 Å². The van der Waals surface area contributed by atoms with Gasteiger partial charge in [-0.3, -0.25) is 14.9 Å². The molecular weight excluding hydrogens is 394 g/mol. The standard InChI is InChI=1S/C20H23N3O5S/c1-5-11(2)8-14-12(3)29-20-18(14)19(24)21-17(22-20)10-28-16-7-6-13(27-4)9-15(16)23(25)26/h6-7,9,11H,5,8,10H2,1-4H3,(H,21,22,24)/t11-/m1/s1. The molecule has 0 bridgehead atoms. The van der Waals surface area contributed by atoms with Crippen molar-refractivity contribution >= 4 is 27.2 Å². The number of benzene rings is 1. The number of aryl methyl sites for hydroxylation is 1. The lowest BCUT2D eigenvalue weighted by atomic mass is 9.98. The number of nitro groups is 1. The fourth-order valence-corrected chi connectivity index (χ4v) is 4.13. The van der Waals surface area contributed by atoms with Gasteiger partial charge in [0.1, 0.15) is 23.0 Å². The number of nitro benzene ring substituents is 1. The first-order chi connectivity index (χ1) is 13.8. The summed E-state index contributed by atoms with van der Waals surface area (Å²) in [4.78, 5) is 32.5. The number of ether oxygens (including phenoxy) is 2. The lowest BCUT2D eigenvalue weighted by Crippen LogP contribution is -2.14. The van der Waals surface area contributed by atoms with Crippen molar-refractivity contribution in [3.05, 3.63) is 54.9 Å². The van der Waals surface area contributed by atoms with Crippen molar-refractivity contribution in [3.63, 3.8) is 0 Å². The molecule has 0 fully saturated rings. The minimum absolute atomic E-state index is 0.0818. The number of nitrogens with zero attached hydrogens (tertiary/aromatic N) is 2. The fourth-order valence-electron chi connectivity index (χ4n) is 3.06. The summed E-state index contributed by atoms with van der Waals surface area (Å²) in [5, 5.41) is 11.9. The van der Waals surface area contributed by atoms with Crippen LogP contribution in [0.15, 0.2) is 23.0 Å². The van der Waals surface area contributed by atoms with Crippen LogP contribution in [0.2, 0.25) is 0 Å². The van der Waals surface area contributed by atoms with Gasteiger partial charge in [-0.15, -0.1) is 11.3 Å². The molecule has 0 saturated heterocycles. The lowest BCUT2D eigenvalue weighted by molar-refractivity contribution is -0.386. The van der Waals surface area contributed by atoms with Crippen LogP contribution in [0, 0.1) is 23.0 Å². The van der Waals surface area contributed by atoms with Gasteiger partial charge in [-0.05, 0) is 37.0 Å². The zero-order chi connectivity index (χ0) is 21.1. The van der Waals surface area contributed by atoms with E-state index in [4.69, 9.17) is 9.47 Å². The Kier molecular flexibility index (Phi) is 6.17. The summed E-state index contributed by atoms with van der Waals surface area (Å²) in [5.41, 5.74) is 0.627. The molecule has 2 heterocycles. The Hall–Kier alpha value is -2.94. The Bertz CT molecular complexity index is 1110. The SMILES string of the molecule is CC[C@@H](C)Cc1c(C)sc2nc(COc3ccc(OC)cc3[N+](=O)[O-])[nH]c(=O)c12. The highest BCUT2D eigenvalue weighted by molar-refractivity contribution is 7.18. The third-order valence-electron chi connectivity index (χ3n) is 4.89. The summed E-state index contributed by atoms with van der Waals surface area (Å²) in [6, 6.07) is 4.33. The summed E-state index contributed by atoms with van der Waals surface area (Å²) in [5.74, 6) is 1.24. The number of fused-ring (bicyclic) bond motifs is 1. The molecule has 0 aliphatic carbocycles. The number of aromatic amines is 1. The zero-order valence-electron chi connectivity index (χ0n) is 16.8. The minimum atomic E-state index is -0.541. The molecule has 0 amide bonds. The van der Waals surface area contributed by atoms with E-state index in [-0.39, 0.29) is 23.6 Å². The van der Waals surface area contributed by atoms with Crippen LogP contribution >= 0.6 is 11.3 Å². The molecule has 1 N–H and O–H groups in total. The first-order valence-electron chi connectivity index (χ1n) is 9.30. The second kappa shape index (κ2) is 8.60. The Balaban J connectivity index is 1.89. The quantitative estimate of drug-likeness (QED) is 0.430. The van der Waals surface area contributed by atoms with Gasteiger partial charge in [-0.25, -0.2) is 4.98 Å². The molecule has 2 aromatic heterocycles. The van der Waals surface area contributed by atoms with Crippen LogP contribution in [-0.4, -0.2) is 22.0 Å². The van der Waals surface area contributed by atoms with Crippen molar-refractivity contribution in [2.75, 3.05) is 7.11 Å². The molecule has 0 radical (unpaired) electrons. The highest BCUT2D eigenvalue weighted by Crippen LogP contribution is 2.32. The number of rotatable bonds is 8. The lowest BCUT2D eigenvalue weighted by Gasteiger charge is -2.09. The molecule has 1 atom stereocenters. The first-order valence-corrected chi connectivity index (χ1v) is 10.1. The summed E-state index contributed by atoms with van der Waals surface area (Å²) in [7, 11) is 1.43. The van der Waals surface area contributed by atoms with Crippen molar-refractivity contribution in [1.29, 1.82) is 0 Å². The Morgan fingerprint density at radius 2 is 2.14 bits per heavy atom. The van der Waals surface area contributed by atoms with E-state index < -0.39 is 4.92 Å².